The molecule has 3 aromatic heterocycles. The summed E-state index contributed by atoms with van der Waals surface area (Å²) in [6.45, 7) is 3.88. The summed E-state index contributed by atoms with van der Waals surface area (Å²) in [5.74, 6) is 0.571. The van der Waals surface area contributed by atoms with E-state index in [1.807, 2.05) is 32.0 Å². The fourth-order valence-electron chi connectivity index (χ4n) is 1.82. The molecule has 0 aliphatic rings. The lowest BCUT2D eigenvalue weighted by molar-refractivity contribution is 0.842. The van der Waals surface area contributed by atoms with E-state index in [0.29, 0.717) is 21.7 Å². The lowest BCUT2D eigenvalue weighted by Gasteiger charge is -1.97. The molecule has 0 aliphatic carbocycles. The molecule has 0 aliphatic heterocycles. The first-order valence-electron chi connectivity index (χ1n) is 5.92. The Morgan fingerprint density at radius 3 is 2.85 bits per heavy atom. The Kier molecular flexibility index (Phi) is 3.08. The molecule has 0 saturated heterocycles. The lowest BCUT2D eigenvalue weighted by atomic mass is 10.4. The van der Waals surface area contributed by atoms with Gasteiger partial charge >= 0.3 is 0 Å². The molecule has 0 aromatic carbocycles. The number of fused-ring (bicyclic) bond motifs is 1. The second-order valence-electron chi connectivity index (χ2n) is 4.22. The minimum atomic E-state index is 0.379. The van der Waals surface area contributed by atoms with Crippen molar-refractivity contribution >= 4 is 17.5 Å². The first-order valence-corrected chi connectivity index (χ1v) is 6.73. The Morgan fingerprint density at radius 2 is 2.05 bits per heavy atom. The Hall–Kier alpha value is -2.46. The molecule has 3 rings (SSSR count). The van der Waals surface area contributed by atoms with Crippen molar-refractivity contribution in [1.82, 2.24) is 24.6 Å². The van der Waals surface area contributed by atoms with Gasteiger partial charge in [-0.15, -0.1) is 5.10 Å². The fraction of sp³-hybridized carbons (Fsp3) is 0.154. The monoisotopic (exact) mass is 282 g/mol. The van der Waals surface area contributed by atoms with Gasteiger partial charge in [0.1, 0.15) is 16.8 Å². The van der Waals surface area contributed by atoms with Crippen molar-refractivity contribution in [1.29, 1.82) is 5.26 Å². The zero-order chi connectivity index (χ0) is 14.1. The van der Waals surface area contributed by atoms with Crippen LogP contribution in [0.4, 0.5) is 0 Å². The highest BCUT2D eigenvalue weighted by atomic mass is 32.2. The number of aromatic nitrogens is 5. The third-order valence-electron chi connectivity index (χ3n) is 2.63. The number of nitrogens with zero attached hydrogens (tertiary/aromatic N) is 6. The summed E-state index contributed by atoms with van der Waals surface area (Å²) in [7, 11) is 0. The van der Waals surface area contributed by atoms with Gasteiger partial charge in [0.05, 0.1) is 0 Å². The second kappa shape index (κ2) is 4.90. The van der Waals surface area contributed by atoms with Crippen LogP contribution in [-0.4, -0.2) is 24.6 Å². The zero-order valence-electron chi connectivity index (χ0n) is 10.9. The molecule has 0 N–H and O–H groups in total. The first kappa shape index (κ1) is 12.6. The van der Waals surface area contributed by atoms with Crippen molar-refractivity contribution in [2.45, 2.75) is 24.0 Å². The maximum absolute atomic E-state index is 8.84. The smallest absolute Gasteiger partial charge is 0.230 e. The van der Waals surface area contributed by atoms with E-state index in [1.54, 1.807) is 16.6 Å². The normalized spacial score (nSPS) is 10.7. The fourth-order valence-corrected chi connectivity index (χ4v) is 2.55. The lowest BCUT2D eigenvalue weighted by Crippen LogP contribution is -1.97. The van der Waals surface area contributed by atoms with Crippen LogP contribution in [-0.2, 0) is 0 Å². The molecular weight excluding hydrogens is 272 g/mol. The summed E-state index contributed by atoms with van der Waals surface area (Å²) in [6.07, 6.45) is 0. The van der Waals surface area contributed by atoms with E-state index in [4.69, 9.17) is 5.26 Å². The predicted molar refractivity (Wildman–Crippen MR) is 73.3 cm³/mol. The average molecular weight is 282 g/mol. The van der Waals surface area contributed by atoms with Crippen molar-refractivity contribution in [3.63, 3.8) is 0 Å². The quantitative estimate of drug-likeness (QED) is 0.716. The van der Waals surface area contributed by atoms with Gasteiger partial charge in [0.2, 0.25) is 5.16 Å². The van der Waals surface area contributed by atoms with Gasteiger partial charge in [-0.2, -0.15) is 10.2 Å². The van der Waals surface area contributed by atoms with Crippen LogP contribution in [0.1, 0.15) is 17.1 Å². The van der Waals surface area contributed by atoms with Crippen LogP contribution in [0.15, 0.2) is 34.4 Å². The van der Waals surface area contributed by atoms with E-state index >= 15 is 0 Å². The highest BCUT2D eigenvalue weighted by Crippen LogP contribution is 2.23. The van der Waals surface area contributed by atoms with Crippen LogP contribution < -0.4 is 0 Å². The molecule has 6 nitrogen and oxygen atoms in total. The summed E-state index contributed by atoms with van der Waals surface area (Å²) in [4.78, 5) is 12.9. The number of pyridine rings is 1. The number of nitriles is 1. The summed E-state index contributed by atoms with van der Waals surface area (Å²) >= 11 is 1.31. The highest BCUT2D eigenvalue weighted by Gasteiger charge is 2.10. The molecule has 7 heteroatoms. The van der Waals surface area contributed by atoms with Crippen molar-refractivity contribution in [3.8, 4) is 6.07 Å². The molecule has 0 spiro atoms. The van der Waals surface area contributed by atoms with Gasteiger partial charge in [0, 0.05) is 11.4 Å². The van der Waals surface area contributed by atoms with Crippen molar-refractivity contribution in [2.24, 2.45) is 0 Å². The van der Waals surface area contributed by atoms with Crippen LogP contribution in [0.25, 0.3) is 5.78 Å². The van der Waals surface area contributed by atoms with Gasteiger partial charge in [-0.3, -0.25) is 0 Å². The summed E-state index contributed by atoms with van der Waals surface area (Å²) in [6, 6.07) is 9.24. The van der Waals surface area contributed by atoms with Crippen LogP contribution in [0.2, 0.25) is 0 Å². The van der Waals surface area contributed by atoms with E-state index in [2.05, 4.69) is 20.1 Å². The van der Waals surface area contributed by atoms with Crippen molar-refractivity contribution < 1.29 is 0 Å². The first-order chi connectivity index (χ1) is 9.65. The third kappa shape index (κ3) is 2.33. The Bertz CT molecular complexity index is 832. The van der Waals surface area contributed by atoms with Gasteiger partial charge in [0.15, 0.2) is 0 Å². The minimum absolute atomic E-state index is 0.379. The number of hydrogen-bond acceptors (Lipinski definition) is 6. The maximum atomic E-state index is 8.84. The molecule has 0 atom stereocenters. The van der Waals surface area contributed by atoms with Gasteiger partial charge in [-0.1, -0.05) is 6.07 Å². The molecule has 3 aromatic rings. The molecular formula is C13H10N6S. The Morgan fingerprint density at radius 1 is 1.20 bits per heavy atom. The molecule has 20 heavy (non-hydrogen) atoms. The number of rotatable bonds is 2. The van der Waals surface area contributed by atoms with Crippen LogP contribution in [0, 0.1) is 25.2 Å². The van der Waals surface area contributed by atoms with Crippen LogP contribution in [0.5, 0.6) is 0 Å². The van der Waals surface area contributed by atoms with Gasteiger partial charge in [-0.05, 0) is 43.8 Å². The third-order valence-corrected chi connectivity index (χ3v) is 3.42. The topological polar surface area (TPSA) is 79.8 Å². The van der Waals surface area contributed by atoms with Gasteiger partial charge in [-0.25, -0.2) is 14.5 Å². The summed E-state index contributed by atoms with van der Waals surface area (Å²) in [5, 5.41) is 14.5. The molecule has 0 fully saturated rings. The minimum Gasteiger partial charge on any atom is -0.230 e. The molecule has 0 radical (unpaired) electrons. The predicted octanol–water partition coefficient (Wildman–Crippen LogP) is 2.16. The largest absolute Gasteiger partial charge is 0.253 e. The highest BCUT2D eigenvalue weighted by molar-refractivity contribution is 7.99. The summed E-state index contributed by atoms with van der Waals surface area (Å²) in [5.41, 5.74) is 2.26. The molecule has 0 amide bonds. The van der Waals surface area contributed by atoms with Crippen molar-refractivity contribution in [2.75, 3.05) is 0 Å². The Balaban J connectivity index is 1.99. The molecule has 3 heterocycles. The van der Waals surface area contributed by atoms with Crippen molar-refractivity contribution in [3.05, 3.63) is 41.3 Å². The molecule has 0 bridgehead atoms. The average Bonchev–Trinajstić information content (AvgIpc) is 2.81. The standard InChI is InChI=1S/C13H10N6S/c1-8-6-9(2)19-12(15-8)17-13(18-19)20-11-5-3-4-10(7-14)16-11/h3-6H,1-2H3. The maximum Gasteiger partial charge on any atom is 0.253 e. The number of aryl methyl sites for hydroxylation is 2. The van der Waals surface area contributed by atoms with Gasteiger partial charge < -0.3 is 0 Å². The van der Waals surface area contributed by atoms with E-state index in [-0.39, 0.29) is 0 Å². The van der Waals surface area contributed by atoms with E-state index in [9.17, 15) is 0 Å². The molecule has 0 saturated carbocycles. The second-order valence-corrected chi connectivity index (χ2v) is 5.21. The van der Waals surface area contributed by atoms with E-state index in [1.165, 1.54) is 11.8 Å². The van der Waals surface area contributed by atoms with Gasteiger partial charge in [0.25, 0.3) is 5.78 Å². The van der Waals surface area contributed by atoms with Crippen LogP contribution in [0.3, 0.4) is 0 Å². The zero-order valence-corrected chi connectivity index (χ0v) is 11.7. The molecule has 0 unspecified atom stereocenters. The van der Waals surface area contributed by atoms with Crippen LogP contribution >= 0.6 is 11.8 Å². The number of hydrogen-bond donors (Lipinski definition) is 0. The summed E-state index contributed by atoms with van der Waals surface area (Å²) < 4.78 is 1.70. The van der Waals surface area contributed by atoms with E-state index < -0.39 is 0 Å². The Labute approximate surface area is 119 Å². The van der Waals surface area contributed by atoms with E-state index in [0.717, 1.165) is 11.4 Å². The SMILES string of the molecule is Cc1cc(C)n2nc(Sc3cccc(C#N)n3)nc2n1. The molecule has 98 valence electrons.